The van der Waals surface area contributed by atoms with E-state index >= 15 is 0 Å². The van der Waals surface area contributed by atoms with Crippen LogP contribution in [0.4, 0.5) is 5.69 Å². The molecule has 0 radical (unpaired) electrons. The highest BCUT2D eigenvalue weighted by Crippen LogP contribution is 2.22. The Hall–Kier alpha value is -1.59. The van der Waals surface area contributed by atoms with Gasteiger partial charge in [0.15, 0.2) is 0 Å². The van der Waals surface area contributed by atoms with E-state index in [0.29, 0.717) is 17.1 Å². The number of aliphatic carboxylic acids is 1. The lowest BCUT2D eigenvalue weighted by Crippen LogP contribution is -2.54. The highest BCUT2D eigenvalue weighted by atomic mass is 35.5. The van der Waals surface area contributed by atoms with Crippen molar-refractivity contribution in [1.82, 2.24) is 0 Å². The van der Waals surface area contributed by atoms with Crippen LogP contribution in [0.2, 0.25) is 5.02 Å². The fourth-order valence-corrected chi connectivity index (χ4v) is 2.10. The number of nitrogens with zero attached hydrogens (tertiary/aromatic N) is 1. The van der Waals surface area contributed by atoms with E-state index in [-0.39, 0.29) is 0 Å². The minimum atomic E-state index is -1.10. The van der Waals surface area contributed by atoms with Gasteiger partial charge in [-0.25, -0.2) is 0 Å². The second-order valence-electron chi connectivity index (χ2n) is 4.93. The maximum absolute atomic E-state index is 12.5. The average Bonchev–Trinajstić information content (AvgIpc) is 2.36. The van der Waals surface area contributed by atoms with Crippen LogP contribution < -0.4 is 10.6 Å². The van der Waals surface area contributed by atoms with Crippen LogP contribution in [0.5, 0.6) is 0 Å². The molecule has 0 bridgehead atoms. The maximum Gasteiger partial charge on any atom is 0.323 e. The first-order chi connectivity index (χ1) is 9.27. The Kier molecular flexibility index (Phi) is 5.53. The summed E-state index contributed by atoms with van der Waals surface area (Å²) >= 11 is 5.80. The zero-order valence-corrected chi connectivity index (χ0v) is 12.4. The lowest BCUT2D eigenvalue weighted by Gasteiger charge is -2.30. The Morgan fingerprint density at radius 2 is 1.90 bits per heavy atom. The molecular formula is C14H19ClN2O3. The van der Waals surface area contributed by atoms with E-state index < -0.39 is 24.0 Å². The smallest absolute Gasteiger partial charge is 0.323 e. The average molecular weight is 299 g/mol. The number of benzene rings is 1. The van der Waals surface area contributed by atoms with Gasteiger partial charge in [0.25, 0.3) is 0 Å². The highest BCUT2D eigenvalue weighted by Gasteiger charge is 2.33. The molecule has 20 heavy (non-hydrogen) atoms. The first-order valence-electron chi connectivity index (χ1n) is 6.36. The third kappa shape index (κ3) is 4.21. The molecule has 0 saturated heterocycles. The lowest BCUT2D eigenvalue weighted by molar-refractivity contribution is -0.137. The highest BCUT2D eigenvalue weighted by molar-refractivity contribution is 6.30. The summed E-state index contributed by atoms with van der Waals surface area (Å²) in [6.45, 7) is 3.10. The quantitative estimate of drug-likeness (QED) is 0.844. The summed E-state index contributed by atoms with van der Waals surface area (Å²) < 4.78 is 0. The van der Waals surface area contributed by atoms with Crippen LogP contribution in [-0.2, 0) is 9.59 Å². The van der Waals surface area contributed by atoms with E-state index in [1.54, 1.807) is 31.2 Å². The van der Waals surface area contributed by atoms with E-state index in [9.17, 15) is 9.59 Å². The summed E-state index contributed by atoms with van der Waals surface area (Å²) in [4.78, 5) is 24.6. The molecule has 5 nitrogen and oxygen atoms in total. The topological polar surface area (TPSA) is 83.6 Å². The molecular weight excluding hydrogens is 280 g/mol. The van der Waals surface area contributed by atoms with Gasteiger partial charge < -0.3 is 10.8 Å². The Labute approximate surface area is 123 Å². The summed E-state index contributed by atoms with van der Waals surface area (Å²) in [5, 5.41) is 9.50. The zero-order valence-electron chi connectivity index (χ0n) is 11.6. The molecule has 1 aromatic carbocycles. The number of rotatable bonds is 6. The summed E-state index contributed by atoms with van der Waals surface area (Å²) in [5.74, 6) is -1.51. The summed E-state index contributed by atoms with van der Waals surface area (Å²) in [6, 6.07) is 6.41. The molecule has 0 heterocycles. The van der Waals surface area contributed by atoms with Crippen molar-refractivity contribution < 1.29 is 14.7 Å². The van der Waals surface area contributed by atoms with Crippen LogP contribution in [0.15, 0.2) is 24.3 Å². The Morgan fingerprint density at radius 1 is 1.35 bits per heavy atom. The third-order valence-corrected chi connectivity index (χ3v) is 3.19. The van der Waals surface area contributed by atoms with E-state index in [0.717, 1.165) is 6.42 Å². The zero-order chi connectivity index (χ0) is 15.3. The SMILES string of the molecule is CCCC(C)(N)C(=O)N(CC(=O)O)c1ccc(Cl)cc1. The van der Waals surface area contributed by atoms with Gasteiger partial charge in [0.2, 0.25) is 5.91 Å². The number of anilines is 1. The second kappa shape index (κ2) is 6.72. The molecule has 0 fully saturated rings. The first-order valence-corrected chi connectivity index (χ1v) is 6.74. The van der Waals surface area contributed by atoms with Crippen LogP contribution >= 0.6 is 11.6 Å². The fourth-order valence-electron chi connectivity index (χ4n) is 1.97. The number of carboxylic acids is 1. The number of hydrogen-bond donors (Lipinski definition) is 2. The number of carbonyl (C=O) groups excluding carboxylic acids is 1. The summed E-state index contributed by atoms with van der Waals surface area (Å²) in [5.41, 5.74) is 5.38. The van der Waals surface area contributed by atoms with Crippen molar-refractivity contribution in [2.45, 2.75) is 32.2 Å². The van der Waals surface area contributed by atoms with Crippen molar-refractivity contribution in [1.29, 1.82) is 0 Å². The molecule has 0 aromatic heterocycles. The monoisotopic (exact) mass is 298 g/mol. The number of hydrogen-bond acceptors (Lipinski definition) is 3. The van der Waals surface area contributed by atoms with E-state index in [4.69, 9.17) is 22.4 Å². The molecule has 6 heteroatoms. The van der Waals surface area contributed by atoms with E-state index in [2.05, 4.69) is 0 Å². The minimum absolute atomic E-state index is 0.413. The van der Waals surface area contributed by atoms with Gasteiger partial charge in [0.1, 0.15) is 6.54 Å². The van der Waals surface area contributed by atoms with Gasteiger partial charge in [0.05, 0.1) is 5.54 Å². The molecule has 0 aliphatic heterocycles. The Morgan fingerprint density at radius 3 is 2.35 bits per heavy atom. The number of nitrogens with two attached hydrogens (primary N) is 1. The van der Waals surface area contributed by atoms with Crippen molar-refractivity contribution in [3.8, 4) is 0 Å². The third-order valence-electron chi connectivity index (χ3n) is 2.93. The normalized spacial score (nSPS) is 13.6. The van der Waals surface area contributed by atoms with Gasteiger partial charge in [0, 0.05) is 10.7 Å². The molecule has 110 valence electrons. The Balaban J connectivity index is 3.09. The predicted octanol–water partition coefficient (Wildman–Crippen LogP) is 2.28. The molecule has 1 amide bonds. The van der Waals surface area contributed by atoms with Crippen molar-refractivity contribution in [3.05, 3.63) is 29.3 Å². The van der Waals surface area contributed by atoms with Crippen LogP contribution in [-0.4, -0.2) is 29.1 Å². The summed E-state index contributed by atoms with van der Waals surface area (Å²) in [7, 11) is 0. The fraction of sp³-hybridized carbons (Fsp3) is 0.429. The standard InChI is InChI=1S/C14H19ClN2O3/c1-3-8-14(2,16)13(20)17(9-12(18)19)11-6-4-10(15)5-7-11/h4-7H,3,8-9,16H2,1-2H3,(H,18,19). The molecule has 1 rings (SSSR count). The Bertz CT molecular complexity index is 486. The van der Waals surface area contributed by atoms with Gasteiger partial charge >= 0.3 is 5.97 Å². The van der Waals surface area contributed by atoms with Gasteiger partial charge in [-0.3, -0.25) is 14.5 Å². The van der Waals surface area contributed by atoms with Crippen molar-refractivity contribution in [2.75, 3.05) is 11.4 Å². The molecule has 0 aliphatic rings. The van der Waals surface area contributed by atoms with Gasteiger partial charge in [-0.05, 0) is 37.6 Å². The second-order valence-corrected chi connectivity index (χ2v) is 5.37. The number of amides is 1. The molecule has 0 aliphatic carbocycles. The van der Waals surface area contributed by atoms with Crippen LogP contribution in [0.25, 0.3) is 0 Å². The number of carboxylic acid groups (broad SMARTS) is 1. The molecule has 1 unspecified atom stereocenters. The van der Waals surface area contributed by atoms with Crippen molar-refractivity contribution in [2.24, 2.45) is 5.73 Å². The lowest BCUT2D eigenvalue weighted by atomic mass is 9.95. The summed E-state index contributed by atoms with van der Waals surface area (Å²) in [6.07, 6.45) is 1.22. The van der Waals surface area contributed by atoms with Crippen LogP contribution in [0.3, 0.4) is 0 Å². The van der Waals surface area contributed by atoms with Gasteiger partial charge in [-0.1, -0.05) is 24.9 Å². The van der Waals surface area contributed by atoms with Crippen molar-refractivity contribution >= 4 is 29.2 Å². The largest absolute Gasteiger partial charge is 0.480 e. The van der Waals surface area contributed by atoms with Crippen LogP contribution in [0.1, 0.15) is 26.7 Å². The van der Waals surface area contributed by atoms with Gasteiger partial charge in [-0.2, -0.15) is 0 Å². The number of halogens is 1. The maximum atomic E-state index is 12.5. The van der Waals surface area contributed by atoms with Crippen molar-refractivity contribution in [3.63, 3.8) is 0 Å². The molecule has 0 saturated carbocycles. The van der Waals surface area contributed by atoms with Crippen LogP contribution in [0, 0.1) is 0 Å². The molecule has 3 N–H and O–H groups in total. The predicted molar refractivity (Wildman–Crippen MR) is 78.9 cm³/mol. The first kappa shape index (κ1) is 16.5. The number of carbonyl (C=O) groups is 2. The van der Waals surface area contributed by atoms with E-state index in [1.165, 1.54) is 4.90 Å². The van der Waals surface area contributed by atoms with E-state index in [1.807, 2.05) is 6.92 Å². The molecule has 1 atom stereocenters. The van der Waals surface area contributed by atoms with Gasteiger partial charge in [-0.15, -0.1) is 0 Å². The molecule has 0 spiro atoms. The molecule has 1 aromatic rings. The minimum Gasteiger partial charge on any atom is -0.480 e.